The lowest BCUT2D eigenvalue weighted by atomic mass is 10.3. The molecule has 0 atom stereocenters. The van der Waals surface area contributed by atoms with E-state index in [1.54, 1.807) is 30.1 Å². The number of hydrogen-bond donors (Lipinski definition) is 0. The Morgan fingerprint density at radius 1 is 1.23 bits per heavy atom. The predicted octanol–water partition coefficient (Wildman–Crippen LogP) is 1.03. The van der Waals surface area contributed by atoms with Crippen molar-refractivity contribution in [1.82, 2.24) is 29.5 Å². The molecule has 1 saturated heterocycles. The van der Waals surface area contributed by atoms with Gasteiger partial charge in [0, 0.05) is 45.0 Å². The Balaban J connectivity index is 1.56. The first kappa shape index (κ1) is 20.8. The van der Waals surface area contributed by atoms with E-state index in [4.69, 9.17) is 14.2 Å². The highest BCUT2D eigenvalue weighted by atomic mass is 16.5. The summed E-state index contributed by atoms with van der Waals surface area (Å²) in [7, 11) is 1.88. The fourth-order valence-electron chi connectivity index (χ4n) is 3.16. The van der Waals surface area contributed by atoms with Crippen LogP contribution in [-0.4, -0.2) is 75.0 Å². The van der Waals surface area contributed by atoms with Gasteiger partial charge in [-0.05, 0) is 18.6 Å². The van der Waals surface area contributed by atoms with Crippen molar-refractivity contribution < 1.29 is 19.0 Å². The zero-order valence-corrected chi connectivity index (χ0v) is 17.6. The van der Waals surface area contributed by atoms with E-state index in [-0.39, 0.29) is 18.3 Å². The number of aromatic nitrogens is 6. The SMILES string of the molecule is CCOC(=O)c1ccn(-c2cc(N3CCOCC3)nc(OCCc3cnn(C)c3)n2)n1. The minimum Gasteiger partial charge on any atom is -0.463 e. The molecule has 4 heterocycles. The largest absolute Gasteiger partial charge is 0.463 e. The van der Waals surface area contributed by atoms with Crippen LogP contribution in [0.2, 0.25) is 0 Å². The van der Waals surface area contributed by atoms with Crippen LogP contribution >= 0.6 is 0 Å². The Labute approximate surface area is 179 Å². The molecule has 164 valence electrons. The second kappa shape index (κ2) is 9.56. The minimum absolute atomic E-state index is 0.215. The molecule has 0 unspecified atom stereocenters. The monoisotopic (exact) mass is 427 g/mol. The maximum absolute atomic E-state index is 12.0. The summed E-state index contributed by atoms with van der Waals surface area (Å²) in [4.78, 5) is 23.1. The molecule has 0 radical (unpaired) electrons. The van der Waals surface area contributed by atoms with Crippen LogP contribution in [0.4, 0.5) is 5.82 Å². The highest BCUT2D eigenvalue weighted by molar-refractivity contribution is 5.87. The van der Waals surface area contributed by atoms with Gasteiger partial charge in [-0.25, -0.2) is 9.48 Å². The summed E-state index contributed by atoms with van der Waals surface area (Å²) in [5.74, 6) is 0.748. The minimum atomic E-state index is -0.475. The Hall–Kier alpha value is -3.47. The number of hydrogen-bond acceptors (Lipinski definition) is 9. The zero-order valence-electron chi connectivity index (χ0n) is 17.6. The van der Waals surface area contributed by atoms with Crippen LogP contribution in [-0.2, 0) is 22.9 Å². The van der Waals surface area contributed by atoms with Gasteiger partial charge in [0.2, 0.25) is 0 Å². The molecule has 0 bridgehead atoms. The fraction of sp³-hybridized carbons (Fsp3) is 0.450. The summed E-state index contributed by atoms with van der Waals surface area (Å²) in [5, 5.41) is 8.46. The third-order valence-corrected chi connectivity index (χ3v) is 4.70. The van der Waals surface area contributed by atoms with Crippen molar-refractivity contribution in [2.24, 2.45) is 7.05 Å². The van der Waals surface area contributed by atoms with Crippen molar-refractivity contribution >= 4 is 11.8 Å². The van der Waals surface area contributed by atoms with Crippen LogP contribution in [0, 0.1) is 0 Å². The van der Waals surface area contributed by atoms with E-state index in [1.807, 2.05) is 19.3 Å². The van der Waals surface area contributed by atoms with Crippen LogP contribution in [0.5, 0.6) is 6.01 Å². The number of ether oxygens (including phenoxy) is 3. The summed E-state index contributed by atoms with van der Waals surface area (Å²) < 4.78 is 19.6. The lowest BCUT2D eigenvalue weighted by Gasteiger charge is -2.28. The van der Waals surface area contributed by atoms with E-state index >= 15 is 0 Å². The predicted molar refractivity (Wildman–Crippen MR) is 111 cm³/mol. The van der Waals surface area contributed by atoms with Gasteiger partial charge in [0.05, 0.1) is 32.6 Å². The van der Waals surface area contributed by atoms with Crippen molar-refractivity contribution in [2.75, 3.05) is 44.4 Å². The van der Waals surface area contributed by atoms with Gasteiger partial charge in [-0.2, -0.15) is 20.2 Å². The van der Waals surface area contributed by atoms with E-state index in [1.165, 1.54) is 4.68 Å². The number of aryl methyl sites for hydroxylation is 1. The van der Waals surface area contributed by atoms with Crippen molar-refractivity contribution in [3.05, 3.63) is 42.0 Å². The molecule has 1 fully saturated rings. The van der Waals surface area contributed by atoms with Gasteiger partial charge < -0.3 is 19.1 Å². The lowest BCUT2D eigenvalue weighted by Crippen LogP contribution is -2.37. The first-order valence-corrected chi connectivity index (χ1v) is 10.2. The zero-order chi connectivity index (χ0) is 21.6. The molecule has 31 heavy (non-hydrogen) atoms. The molecule has 11 nitrogen and oxygen atoms in total. The van der Waals surface area contributed by atoms with E-state index in [0.717, 1.165) is 24.5 Å². The molecule has 11 heteroatoms. The Bertz CT molecular complexity index is 1030. The maximum Gasteiger partial charge on any atom is 0.358 e. The van der Waals surface area contributed by atoms with E-state index in [2.05, 4.69) is 25.1 Å². The van der Waals surface area contributed by atoms with Crippen molar-refractivity contribution in [2.45, 2.75) is 13.3 Å². The molecule has 0 aromatic carbocycles. The van der Waals surface area contributed by atoms with Crippen LogP contribution in [0.25, 0.3) is 5.82 Å². The first-order chi connectivity index (χ1) is 15.1. The van der Waals surface area contributed by atoms with Crippen molar-refractivity contribution in [1.29, 1.82) is 0 Å². The number of nitrogens with zero attached hydrogens (tertiary/aromatic N) is 7. The van der Waals surface area contributed by atoms with Gasteiger partial charge in [0.1, 0.15) is 5.82 Å². The van der Waals surface area contributed by atoms with E-state index in [9.17, 15) is 4.79 Å². The number of anilines is 1. The average molecular weight is 427 g/mol. The smallest absolute Gasteiger partial charge is 0.358 e. The maximum atomic E-state index is 12.0. The number of carbonyl (C=O) groups is 1. The van der Waals surface area contributed by atoms with E-state index < -0.39 is 5.97 Å². The summed E-state index contributed by atoms with van der Waals surface area (Å²) >= 11 is 0. The average Bonchev–Trinajstić information content (AvgIpc) is 3.44. The molecule has 3 aromatic rings. The quantitative estimate of drug-likeness (QED) is 0.487. The first-order valence-electron chi connectivity index (χ1n) is 10.2. The summed E-state index contributed by atoms with van der Waals surface area (Å²) in [6.07, 6.45) is 6.10. The lowest BCUT2D eigenvalue weighted by molar-refractivity contribution is 0.0519. The second-order valence-corrected chi connectivity index (χ2v) is 6.95. The molecule has 3 aromatic heterocycles. The molecule has 0 amide bonds. The molecule has 0 saturated carbocycles. The molecule has 0 N–H and O–H groups in total. The third-order valence-electron chi connectivity index (χ3n) is 4.70. The van der Waals surface area contributed by atoms with Crippen molar-refractivity contribution in [3.8, 4) is 11.8 Å². The molecule has 0 aliphatic carbocycles. The number of carbonyl (C=O) groups excluding carboxylic acids is 1. The highest BCUT2D eigenvalue weighted by Crippen LogP contribution is 2.20. The Kier molecular flexibility index (Phi) is 6.41. The third kappa shape index (κ3) is 5.18. The number of morpholine rings is 1. The van der Waals surface area contributed by atoms with Crippen LogP contribution < -0.4 is 9.64 Å². The molecule has 4 rings (SSSR count). The molecule has 1 aliphatic heterocycles. The van der Waals surface area contributed by atoms with Gasteiger partial charge in [0.25, 0.3) is 0 Å². The molecular formula is C20H25N7O4. The van der Waals surface area contributed by atoms with Gasteiger partial charge in [-0.3, -0.25) is 4.68 Å². The summed E-state index contributed by atoms with van der Waals surface area (Å²) in [5.41, 5.74) is 1.28. The summed E-state index contributed by atoms with van der Waals surface area (Å²) in [6, 6.07) is 3.66. The molecule has 1 aliphatic rings. The standard InChI is InChI=1S/C20H25N7O4/c1-3-30-19(28)16-4-6-27(24-16)18-12-17(26-7-10-29-11-8-26)22-20(23-18)31-9-5-15-13-21-25(2)14-15/h4,6,12-14H,3,5,7-11H2,1-2H3. The topological polar surface area (TPSA) is 109 Å². The summed E-state index contributed by atoms with van der Waals surface area (Å²) in [6.45, 7) is 5.15. The van der Waals surface area contributed by atoms with E-state index in [0.29, 0.717) is 32.1 Å². The molecular weight excluding hydrogens is 402 g/mol. The van der Waals surface area contributed by atoms with Crippen LogP contribution in [0.3, 0.4) is 0 Å². The van der Waals surface area contributed by atoms with Gasteiger partial charge in [-0.1, -0.05) is 0 Å². The number of rotatable bonds is 8. The highest BCUT2D eigenvalue weighted by Gasteiger charge is 2.18. The Morgan fingerprint density at radius 3 is 2.77 bits per heavy atom. The van der Waals surface area contributed by atoms with Gasteiger partial charge >= 0.3 is 12.0 Å². The Morgan fingerprint density at radius 2 is 2.03 bits per heavy atom. The van der Waals surface area contributed by atoms with Crippen molar-refractivity contribution in [3.63, 3.8) is 0 Å². The van der Waals surface area contributed by atoms with Gasteiger partial charge in [0.15, 0.2) is 11.5 Å². The van der Waals surface area contributed by atoms with Crippen LogP contribution in [0.1, 0.15) is 23.0 Å². The second-order valence-electron chi connectivity index (χ2n) is 6.95. The molecule has 0 spiro atoms. The van der Waals surface area contributed by atoms with Crippen LogP contribution in [0.15, 0.2) is 30.7 Å². The normalized spacial score (nSPS) is 13.9. The van der Waals surface area contributed by atoms with Gasteiger partial charge in [-0.15, -0.1) is 0 Å². The number of esters is 1. The fourth-order valence-corrected chi connectivity index (χ4v) is 3.16.